The zero-order chi connectivity index (χ0) is 31.4. The largest absolute Gasteiger partial charge is 0.481 e. The van der Waals surface area contributed by atoms with Crippen molar-refractivity contribution in [3.63, 3.8) is 0 Å². The van der Waals surface area contributed by atoms with Crippen LogP contribution in [0.4, 0.5) is 0 Å². The average molecular weight is 638 g/mol. The zero-order valence-electron chi connectivity index (χ0n) is 24.4. The molecule has 0 aromatic heterocycles. The normalized spacial score (nSPS) is 21.9. The molecule has 1 fully saturated rings. The molecule has 0 saturated heterocycles. The van der Waals surface area contributed by atoms with Crippen LogP contribution in [0.15, 0.2) is 72.8 Å². The van der Waals surface area contributed by atoms with Crippen molar-refractivity contribution in [1.29, 1.82) is 0 Å². The molecule has 3 N–H and O–H groups in total. The Kier molecular flexibility index (Phi) is 9.72. The molecular weight excluding hydrogens is 602 g/mol. The minimum Gasteiger partial charge on any atom is -0.481 e. The molecule has 0 unspecified atom stereocenters. The zero-order valence-corrected chi connectivity index (χ0v) is 26.0. The summed E-state index contributed by atoms with van der Waals surface area (Å²) in [6, 6.07) is 19.8. The first kappa shape index (κ1) is 31.7. The number of rotatable bonds is 10. The lowest BCUT2D eigenvalue weighted by Crippen LogP contribution is -2.59. The number of hydrogen-bond donors (Lipinski definition) is 3. The first-order valence-electron chi connectivity index (χ1n) is 14.7. The Morgan fingerprint density at radius 2 is 1.61 bits per heavy atom. The predicted molar refractivity (Wildman–Crippen MR) is 168 cm³/mol. The van der Waals surface area contributed by atoms with E-state index in [0.717, 1.165) is 30.2 Å². The van der Waals surface area contributed by atoms with E-state index in [1.807, 2.05) is 36.4 Å². The van der Waals surface area contributed by atoms with Crippen molar-refractivity contribution in [2.75, 3.05) is 12.8 Å². The number of fused-ring (bicyclic) bond motifs is 1. The van der Waals surface area contributed by atoms with Crippen LogP contribution in [0.3, 0.4) is 0 Å². The van der Waals surface area contributed by atoms with E-state index in [4.69, 9.17) is 16.7 Å². The number of carboxylic acid groups (broad SMARTS) is 1. The number of carbonyl (C=O) groups is 3. The lowest BCUT2D eigenvalue weighted by molar-refractivity contribution is -0.136. The maximum absolute atomic E-state index is 14.3. The summed E-state index contributed by atoms with van der Waals surface area (Å²) in [6.45, 7) is 0.332. The van der Waals surface area contributed by atoms with Crippen LogP contribution < -0.4 is 10.0 Å². The van der Waals surface area contributed by atoms with Gasteiger partial charge in [0.05, 0.1) is 24.6 Å². The first-order chi connectivity index (χ1) is 21.0. The Hall–Kier alpha value is -3.73. The standard InChI is InChI=1S/C33H36ClN3O6S/c1-44(42,43)36-27-8-4-5-9-28(27)37-31(23-14-16-24(34)17-15-23)30(25-6-2-3-7-26(25)33(37)41)32(40)35-19-18-21-10-12-22(13-11-21)20-29(38)39/h2-3,6-7,10-17,27-28,30-31,36H,4-5,8-9,18-20H2,1H3,(H,35,40)(H,38,39)/t27-,28-,30+,31-/m0/s1. The van der Waals surface area contributed by atoms with Crippen LogP contribution in [0.1, 0.15) is 70.3 Å². The van der Waals surface area contributed by atoms with Crippen molar-refractivity contribution in [2.45, 2.75) is 62.6 Å². The highest BCUT2D eigenvalue weighted by Crippen LogP contribution is 2.46. The number of aliphatic carboxylic acids is 1. The molecule has 1 aliphatic carbocycles. The Bertz CT molecular complexity index is 1630. The van der Waals surface area contributed by atoms with Gasteiger partial charge in [0.15, 0.2) is 0 Å². The monoisotopic (exact) mass is 637 g/mol. The van der Waals surface area contributed by atoms with Gasteiger partial charge in [-0.05, 0) is 59.7 Å². The number of amides is 2. The van der Waals surface area contributed by atoms with E-state index < -0.39 is 40.0 Å². The third kappa shape index (κ3) is 7.31. The summed E-state index contributed by atoms with van der Waals surface area (Å²) in [5.41, 5.74) is 3.43. The topological polar surface area (TPSA) is 133 Å². The number of halogens is 1. The SMILES string of the molecule is CS(=O)(=O)N[C@H]1CCCC[C@@H]1N1C(=O)c2ccccc2[C@@H](C(=O)NCCc2ccc(CC(=O)O)cc2)[C@@H]1c1ccc(Cl)cc1. The van der Waals surface area contributed by atoms with Crippen molar-refractivity contribution < 1.29 is 27.9 Å². The van der Waals surface area contributed by atoms with Gasteiger partial charge in [-0.15, -0.1) is 0 Å². The van der Waals surface area contributed by atoms with Gasteiger partial charge in [-0.3, -0.25) is 14.4 Å². The van der Waals surface area contributed by atoms with Crippen molar-refractivity contribution in [2.24, 2.45) is 0 Å². The van der Waals surface area contributed by atoms with Gasteiger partial charge in [0.2, 0.25) is 15.9 Å². The number of nitrogens with one attached hydrogen (secondary N) is 2. The van der Waals surface area contributed by atoms with Crippen LogP contribution in [0.25, 0.3) is 0 Å². The lowest BCUT2D eigenvalue weighted by atomic mass is 9.76. The van der Waals surface area contributed by atoms with Crippen molar-refractivity contribution in [1.82, 2.24) is 14.9 Å². The first-order valence-corrected chi connectivity index (χ1v) is 17.0. The molecule has 11 heteroatoms. The quantitative estimate of drug-likeness (QED) is 0.301. The summed E-state index contributed by atoms with van der Waals surface area (Å²) >= 11 is 6.24. The Balaban J connectivity index is 1.49. The summed E-state index contributed by atoms with van der Waals surface area (Å²) in [5.74, 6) is -2.14. The molecule has 1 aliphatic heterocycles. The van der Waals surface area contributed by atoms with E-state index in [1.165, 1.54) is 0 Å². The number of nitrogens with zero attached hydrogens (tertiary/aromatic N) is 1. The summed E-state index contributed by atoms with van der Waals surface area (Å²) < 4.78 is 27.5. The summed E-state index contributed by atoms with van der Waals surface area (Å²) in [5, 5.41) is 12.6. The van der Waals surface area contributed by atoms with Gasteiger partial charge >= 0.3 is 5.97 Å². The molecule has 0 radical (unpaired) electrons. The second-order valence-electron chi connectivity index (χ2n) is 11.6. The van der Waals surface area contributed by atoms with Gasteiger partial charge in [-0.25, -0.2) is 13.1 Å². The molecule has 2 aliphatic rings. The number of sulfonamides is 1. The molecule has 0 spiro atoms. The highest BCUT2D eigenvalue weighted by atomic mass is 35.5. The van der Waals surface area contributed by atoms with Crippen LogP contribution in [0.2, 0.25) is 5.02 Å². The molecule has 9 nitrogen and oxygen atoms in total. The van der Waals surface area contributed by atoms with Crippen LogP contribution in [0, 0.1) is 0 Å². The molecule has 3 aromatic rings. The van der Waals surface area contributed by atoms with E-state index in [0.29, 0.717) is 47.5 Å². The second-order valence-corrected chi connectivity index (χ2v) is 13.8. The van der Waals surface area contributed by atoms with Gasteiger partial charge in [0.25, 0.3) is 5.91 Å². The van der Waals surface area contributed by atoms with E-state index in [-0.39, 0.29) is 18.2 Å². The van der Waals surface area contributed by atoms with Crippen molar-refractivity contribution >= 4 is 39.4 Å². The van der Waals surface area contributed by atoms with Crippen LogP contribution in [0.5, 0.6) is 0 Å². The van der Waals surface area contributed by atoms with Gasteiger partial charge in [-0.2, -0.15) is 0 Å². The minimum atomic E-state index is -3.55. The summed E-state index contributed by atoms with van der Waals surface area (Å²) in [4.78, 5) is 41.2. The fourth-order valence-electron chi connectivity index (χ4n) is 6.51. The van der Waals surface area contributed by atoms with Gasteiger partial charge in [0, 0.05) is 29.2 Å². The van der Waals surface area contributed by atoms with Crippen LogP contribution in [-0.2, 0) is 32.5 Å². The second kappa shape index (κ2) is 13.5. The Morgan fingerprint density at radius 1 is 0.955 bits per heavy atom. The molecule has 2 amide bonds. The molecule has 1 saturated carbocycles. The Morgan fingerprint density at radius 3 is 2.30 bits per heavy atom. The highest BCUT2D eigenvalue weighted by Gasteiger charge is 2.48. The summed E-state index contributed by atoms with van der Waals surface area (Å²) in [6.07, 6.45) is 4.43. The van der Waals surface area contributed by atoms with Gasteiger partial charge in [-0.1, -0.05) is 79.0 Å². The smallest absolute Gasteiger partial charge is 0.307 e. The average Bonchev–Trinajstić information content (AvgIpc) is 2.98. The van der Waals surface area contributed by atoms with Crippen LogP contribution >= 0.6 is 11.6 Å². The number of benzene rings is 3. The van der Waals surface area contributed by atoms with Crippen molar-refractivity contribution in [3.05, 3.63) is 106 Å². The highest BCUT2D eigenvalue weighted by molar-refractivity contribution is 7.88. The molecule has 4 atom stereocenters. The lowest BCUT2D eigenvalue weighted by Gasteiger charge is -2.49. The molecular formula is C33H36ClN3O6S. The molecule has 5 rings (SSSR count). The third-order valence-electron chi connectivity index (χ3n) is 8.41. The molecule has 3 aromatic carbocycles. The molecule has 0 bridgehead atoms. The molecule has 232 valence electrons. The van der Waals surface area contributed by atoms with Gasteiger partial charge < -0.3 is 15.3 Å². The Labute approximate surface area is 262 Å². The predicted octanol–water partition coefficient (Wildman–Crippen LogP) is 4.47. The van der Waals surface area contributed by atoms with Gasteiger partial charge in [0.1, 0.15) is 0 Å². The van der Waals surface area contributed by atoms with E-state index in [2.05, 4.69) is 10.0 Å². The third-order valence-corrected chi connectivity index (χ3v) is 9.40. The number of carboxylic acids is 1. The number of hydrogen-bond acceptors (Lipinski definition) is 5. The van der Waals surface area contributed by atoms with E-state index in [9.17, 15) is 22.8 Å². The van der Waals surface area contributed by atoms with Crippen LogP contribution in [-0.4, -0.2) is 61.1 Å². The van der Waals surface area contributed by atoms with Crippen molar-refractivity contribution in [3.8, 4) is 0 Å². The maximum Gasteiger partial charge on any atom is 0.307 e. The maximum atomic E-state index is 14.3. The molecule has 1 heterocycles. The van der Waals surface area contributed by atoms with E-state index >= 15 is 0 Å². The number of carbonyl (C=O) groups excluding carboxylic acids is 2. The molecule has 44 heavy (non-hydrogen) atoms. The fraction of sp³-hybridized carbons (Fsp3) is 0.364. The van der Waals surface area contributed by atoms with E-state index in [1.54, 1.807) is 41.3 Å². The minimum absolute atomic E-state index is 0.0546. The fourth-order valence-corrected chi connectivity index (χ4v) is 7.46. The summed E-state index contributed by atoms with van der Waals surface area (Å²) in [7, 11) is -3.55.